The van der Waals surface area contributed by atoms with E-state index in [1.165, 1.54) is 18.2 Å². The van der Waals surface area contributed by atoms with Crippen LogP contribution in [0.25, 0.3) is 11.0 Å². The van der Waals surface area contributed by atoms with E-state index in [0.717, 1.165) is 50.2 Å². The van der Waals surface area contributed by atoms with Crippen LogP contribution in [0, 0.1) is 10.1 Å². The maximum absolute atomic E-state index is 16.1. The molecule has 5 rings (SSSR count). The van der Waals surface area contributed by atoms with Gasteiger partial charge in [-0.1, -0.05) is 31.8 Å². The number of nitro groups is 1. The summed E-state index contributed by atoms with van der Waals surface area (Å²) in [7, 11) is 0.769. The number of halogens is 2. The molecule has 0 radical (unpaired) electrons. The van der Waals surface area contributed by atoms with E-state index in [1.807, 2.05) is 12.1 Å². The molecule has 1 N–H and O–H groups in total. The minimum absolute atomic E-state index is 0.0520. The summed E-state index contributed by atoms with van der Waals surface area (Å²) in [4.78, 5) is 28.5. The summed E-state index contributed by atoms with van der Waals surface area (Å²) in [6.07, 6.45) is 3.26. The topological polar surface area (TPSA) is 114 Å². The van der Waals surface area contributed by atoms with E-state index in [9.17, 15) is 10.1 Å². The minimum atomic E-state index is -3.65. The number of rotatable bonds is 11. The van der Waals surface area contributed by atoms with Crippen LogP contribution in [-0.4, -0.2) is 77.2 Å². The molecule has 0 aliphatic carbocycles. The van der Waals surface area contributed by atoms with Gasteiger partial charge in [0, 0.05) is 70.1 Å². The number of fused-ring (bicyclic) bond motifs is 1. The number of ether oxygens (including phenoxy) is 1. The van der Waals surface area contributed by atoms with Crippen molar-refractivity contribution in [1.29, 1.82) is 0 Å². The highest BCUT2D eigenvalue weighted by Crippen LogP contribution is 2.40. The molecule has 0 bridgehead atoms. The third-order valence-corrected chi connectivity index (χ3v) is 9.10. The molecule has 1 saturated heterocycles. The van der Waals surface area contributed by atoms with Crippen LogP contribution < -0.4 is 10.2 Å². The van der Waals surface area contributed by atoms with Crippen LogP contribution in [0.3, 0.4) is 0 Å². The number of aromatic nitrogens is 4. The predicted molar refractivity (Wildman–Crippen MR) is 165 cm³/mol. The number of non-ortho nitro benzene ring substituents is 1. The summed E-state index contributed by atoms with van der Waals surface area (Å²) in [5, 5.41) is 14.5. The van der Waals surface area contributed by atoms with E-state index >= 15 is 8.78 Å². The Morgan fingerprint density at radius 1 is 1.09 bits per heavy atom. The minimum Gasteiger partial charge on any atom is -0.361 e. The highest BCUT2D eigenvalue weighted by Gasteiger charge is 2.39. The first-order valence-corrected chi connectivity index (χ1v) is 17.9. The molecule has 0 atom stereocenters. The first-order valence-electron chi connectivity index (χ1n) is 14.2. The second kappa shape index (κ2) is 12.3. The maximum atomic E-state index is 16.1. The van der Waals surface area contributed by atoms with Gasteiger partial charge in [0.25, 0.3) is 5.69 Å². The Labute approximate surface area is 249 Å². The van der Waals surface area contributed by atoms with Crippen LogP contribution in [0.4, 0.5) is 31.9 Å². The second-order valence-electron chi connectivity index (χ2n) is 12.0. The van der Waals surface area contributed by atoms with Crippen molar-refractivity contribution in [3.05, 3.63) is 76.2 Å². The third-order valence-electron chi connectivity index (χ3n) is 7.39. The number of piperazine rings is 1. The van der Waals surface area contributed by atoms with Crippen LogP contribution in [-0.2, 0) is 17.4 Å². The van der Waals surface area contributed by atoms with Crippen molar-refractivity contribution in [3.63, 3.8) is 0 Å². The molecular formula is C29H36F2N8O3Si. The lowest BCUT2D eigenvalue weighted by molar-refractivity contribution is -0.385. The zero-order chi connectivity index (χ0) is 30.8. The number of nitrogens with zero attached hydrogens (tertiary/aromatic N) is 7. The molecule has 4 aromatic rings. The SMILES string of the molecule is CN1CCN(c2ccc(Nc3nc(C(F)(F)c4cccc([N+](=O)[O-])c4)c4ccn(COCC[Si](C)(C)C)c4n3)cn2)CC1. The Hall–Kier alpha value is -4.01. The molecule has 1 aliphatic rings. The van der Waals surface area contributed by atoms with Crippen molar-refractivity contribution in [2.45, 2.75) is 38.3 Å². The van der Waals surface area contributed by atoms with E-state index in [2.05, 4.69) is 56.8 Å². The number of anilines is 3. The van der Waals surface area contributed by atoms with Crippen LogP contribution in [0.2, 0.25) is 25.7 Å². The standard InChI is InChI=1S/C29H36F2N8O3Si/c1-36-12-14-37(15-13-36)25-9-8-22(19-32-25)33-28-34-26(29(30,31)21-6-5-7-23(18-21)39(40)41)24-10-11-38(27(24)35-28)20-42-16-17-43(2,3)4/h5-11,18-19H,12-17,20H2,1-4H3,(H,33,34,35). The van der Waals surface area contributed by atoms with E-state index in [0.29, 0.717) is 12.3 Å². The van der Waals surface area contributed by atoms with Gasteiger partial charge in [0.15, 0.2) is 0 Å². The summed E-state index contributed by atoms with van der Waals surface area (Å²) in [6.45, 7) is 11.1. The van der Waals surface area contributed by atoms with Crippen LogP contribution in [0.1, 0.15) is 11.3 Å². The number of alkyl halides is 2. The molecule has 228 valence electrons. The highest BCUT2D eigenvalue weighted by molar-refractivity contribution is 6.76. The lowest BCUT2D eigenvalue weighted by Crippen LogP contribution is -2.44. The summed E-state index contributed by atoms with van der Waals surface area (Å²) in [5.74, 6) is -2.88. The molecule has 1 aliphatic heterocycles. The molecule has 1 aromatic carbocycles. The van der Waals surface area contributed by atoms with Crippen LogP contribution >= 0.6 is 0 Å². The summed E-state index contributed by atoms with van der Waals surface area (Å²) in [5.41, 5.74) is -0.743. The van der Waals surface area contributed by atoms with Crippen molar-refractivity contribution in [2.75, 3.05) is 50.1 Å². The molecule has 1 fully saturated rings. The maximum Gasteiger partial charge on any atom is 0.316 e. The predicted octanol–water partition coefficient (Wildman–Crippen LogP) is 5.68. The van der Waals surface area contributed by atoms with Crippen LogP contribution in [0.15, 0.2) is 54.9 Å². The summed E-state index contributed by atoms with van der Waals surface area (Å²) < 4.78 is 39.8. The van der Waals surface area contributed by atoms with Gasteiger partial charge in [0.1, 0.15) is 23.9 Å². The van der Waals surface area contributed by atoms with E-state index in [4.69, 9.17) is 4.74 Å². The van der Waals surface area contributed by atoms with Gasteiger partial charge in [-0.3, -0.25) is 10.1 Å². The lowest BCUT2D eigenvalue weighted by Gasteiger charge is -2.33. The van der Waals surface area contributed by atoms with E-state index in [-0.39, 0.29) is 23.7 Å². The smallest absolute Gasteiger partial charge is 0.316 e. The quantitative estimate of drug-likeness (QED) is 0.0991. The molecule has 0 spiro atoms. The van der Waals surface area contributed by atoms with E-state index < -0.39 is 35.9 Å². The van der Waals surface area contributed by atoms with Crippen molar-refractivity contribution in [1.82, 2.24) is 24.4 Å². The first-order chi connectivity index (χ1) is 20.4. The zero-order valence-corrected chi connectivity index (χ0v) is 25.8. The zero-order valence-electron chi connectivity index (χ0n) is 24.8. The van der Waals surface area contributed by atoms with Crippen LogP contribution in [0.5, 0.6) is 0 Å². The van der Waals surface area contributed by atoms with Crippen molar-refractivity contribution >= 4 is 42.2 Å². The molecular weight excluding hydrogens is 574 g/mol. The molecule has 0 amide bonds. The summed E-state index contributed by atoms with van der Waals surface area (Å²) in [6, 6.07) is 10.6. The van der Waals surface area contributed by atoms with Gasteiger partial charge in [-0.05, 0) is 31.3 Å². The second-order valence-corrected chi connectivity index (χ2v) is 17.6. The van der Waals surface area contributed by atoms with E-state index in [1.54, 1.807) is 17.0 Å². The van der Waals surface area contributed by atoms with Gasteiger partial charge in [0.2, 0.25) is 5.95 Å². The molecule has 11 nitrogen and oxygen atoms in total. The average molecular weight is 611 g/mol. The molecule has 3 aromatic heterocycles. The molecule has 43 heavy (non-hydrogen) atoms. The number of likely N-dealkylation sites (N-methyl/N-ethyl adjacent to an activating group) is 1. The molecule has 4 heterocycles. The van der Waals surface area contributed by atoms with Crippen molar-refractivity contribution in [2.24, 2.45) is 0 Å². The third kappa shape index (κ3) is 7.14. The highest BCUT2D eigenvalue weighted by atomic mass is 28.3. The number of nitrogens with one attached hydrogen (secondary N) is 1. The average Bonchev–Trinajstić information content (AvgIpc) is 3.38. The lowest BCUT2D eigenvalue weighted by atomic mass is 10.0. The van der Waals surface area contributed by atoms with Crippen molar-refractivity contribution in [3.8, 4) is 0 Å². The first kappa shape index (κ1) is 30.4. The largest absolute Gasteiger partial charge is 0.361 e. The number of hydrogen-bond acceptors (Lipinski definition) is 9. The molecule has 0 saturated carbocycles. The Balaban J connectivity index is 1.48. The fourth-order valence-electron chi connectivity index (χ4n) is 4.77. The summed E-state index contributed by atoms with van der Waals surface area (Å²) >= 11 is 0. The van der Waals surface area contributed by atoms with Gasteiger partial charge >= 0.3 is 5.92 Å². The van der Waals surface area contributed by atoms with Gasteiger partial charge in [-0.2, -0.15) is 13.8 Å². The normalized spacial score (nSPS) is 14.8. The van der Waals surface area contributed by atoms with Gasteiger partial charge < -0.3 is 24.4 Å². The van der Waals surface area contributed by atoms with Gasteiger partial charge in [0.05, 0.1) is 16.8 Å². The number of nitro benzene ring substituents is 1. The number of pyridine rings is 1. The fraction of sp³-hybridized carbons (Fsp3) is 0.414. The Bertz CT molecular complexity index is 1590. The Kier molecular flexibility index (Phi) is 8.71. The fourth-order valence-corrected chi connectivity index (χ4v) is 5.53. The molecule has 0 unspecified atom stereocenters. The Morgan fingerprint density at radius 2 is 1.86 bits per heavy atom. The number of hydrogen-bond donors (Lipinski definition) is 1. The van der Waals surface area contributed by atoms with Gasteiger partial charge in [-0.15, -0.1) is 0 Å². The number of benzene rings is 1. The van der Waals surface area contributed by atoms with Gasteiger partial charge in [-0.25, -0.2) is 9.97 Å². The van der Waals surface area contributed by atoms with Crippen molar-refractivity contribution < 1.29 is 18.4 Å². The molecule has 14 heteroatoms. The Morgan fingerprint density at radius 3 is 2.53 bits per heavy atom. The monoisotopic (exact) mass is 610 g/mol.